The van der Waals surface area contributed by atoms with Crippen molar-refractivity contribution < 1.29 is 5.11 Å². The molecule has 6 nitrogen and oxygen atoms in total. The van der Waals surface area contributed by atoms with Crippen molar-refractivity contribution in [3.8, 4) is 23.2 Å². The molecule has 0 amide bonds. The minimum absolute atomic E-state index is 0.116. The van der Waals surface area contributed by atoms with Gasteiger partial charge in [-0.3, -0.25) is 0 Å². The van der Waals surface area contributed by atoms with E-state index in [2.05, 4.69) is 16.4 Å². The number of benzene rings is 1. The number of aryl methyl sites for hydroxylation is 1. The number of nitrogens with two attached hydrogens (primary N) is 1. The molecule has 1 aromatic carbocycles. The predicted molar refractivity (Wildman–Crippen MR) is 106 cm³/mol. The Labute approximate surface area is 160 Å². The maximum absolute atomic E-state index is 10.3. The van der Waals surface area contributed by atoms with Gasteiger partial charge in [-0.25, -0.2) is 9.97 Å². The summed E-state index contributed by atoms with van der Waals surface area (Å²) in [6.07, 6.45) is 5.37. The third kappa shape index (κ3) is 4.20. The van der Waals surface area contributed by atoms with Crippen molar-refractivity contribution in [2.45, 2.75) is 44.9 Å². The van der Waals surface area contributed by atoms with Crippen LogP contribution in [0.2, 0.25) is 0 Å². The highest BCUT2D eigenvalue weighted by molar-refractivity contribution is 5.67. The van der Waals surface area contributed by atoms with E-state index in [-0.39, 0.29) is 17.5 Å². The number of phenols is 1. The Morgan fingerprint density at radius 1 is 1.26 bits per heavy atom. The normalized spacial score (nSPS) is 20.0. The molecule has 2 atom stereocenters. The third-order valence-electron chi connectivity index (χ3n) is 5.44. The largest absolute Gasteiger partial charge is 0.507 e. The van der Waals surface area contributed by atoms with Gasteiger partial charge in [0.25, 0.3) is 0 Å². The fraction of sp³-hybridized carbons (Fsp3) is 0.476. The highest BCUT2D eigenvalue weighted by atomic mass is 16.3. The van der Waals surface area contributed by atoms with E-state index in [9.17, 15) is 10.4 Å². The summed E-state index contributed by atoms with van der Waals surface area (Å²) in [5.41, 5.74) is 8.77. The molecule has 1 aliphatic rings. The first-order valence-electron chi connectivity index (χ1n) is 9.55. The lowest BCUT2D eigenvalue weighted by atomic mass is 9.92. The summed E-state index contributed by atoms with van der Waals surface area (Å²) < 4.78 is 0. The van der Waals surface area contributed by atoms with Crippen LogP contribution in [0.4, 0.5) is 5.82 Å². The van der Waals surface area contributed by atoms with Crippen molar-refractivity contribution in [2.24, 2.45) is 5.92 Å². The van der Waals surface area contributed by atoms with Crippen LogP contribution in [0.15, 0.2) is 18.2 Å². The lowest BCUT2D eigenvalue weighted by Gasteiger charge is -2.18. The second-order valence-corrected chi connectivity index (χ2v) is 7.45. The molecule has 0 radical (unpaired) electrons. The van der Waals surface area contributed by atoms with Gasteiger partial charge in [0.1, 0.15) is 23.2 Å². The Kier molecular flexibility index (Phi) is 5.92. The lowest BCUT2D eigenvalue weighted by Crippen LogP contribution is -2.18. The van der Waals surface area contributed by atoms with Gasteiger partial charge in [-0.15, -0.1) is 0 Å². The van der Waals surface area contributed by atoms with Crippen molar-refractivity contribution >= 4 is 5.82 Å². The van der Waals surface area contributed by atoms with Crippen LogP contribution in [0.1, 0.15) is 54.8 Å². The predicted octanol–water partition coefficient (Wildman–Crippen LogP) is 3.49. The van der Waals surface area contributed by atoms with E-state index in [1.54, 1.807) is 6.07 Å². The average Bonchev–Trinajstić information content (AvgIpc) is 2.89. The van der Waals surface area contributed by atoms with E-state index >= 15 is 0 Å². The number of hydrogen-bond donors (Lipinski definition) is 3. The molecule has 0 saturated heterocycles. The summed E-state index contributed by atoms with van der Waals surface area (Å²) in [5.74, 6) is 1.54. The van der Waals surface area contributed by atoms with Gasteiger partial charge < -0.3 is 16.2 Å². The zero-order valence-corrected chi connectivity index (χ0v) is 16.0. The number of nitriles is 1. The van der Waals surface area contributed by atoms with Crippen molar-refractivity contribution in [2.75, 3.05) is 19.3 Å². The van der Waals surface area contributed by atoms with Crippen molar-refractivity contribution in [1.29, 1.82) is 5.26 Å². The number of anilines is 1. The fourth-order valence-electron chi connectivity index (χ4n) is 4.00. The molecule has 0 spiro atoms. The molecule has 4 N–H and O–H groups in total. The van der Waals surface area contributed by atoms with Crippen molar-refractivity contribution in [1.82, 2.24) is 15.3 Å². The molecule has 2 aromatic rings. The van der Waals surface area contributed by atoms with Crippen LogP contribution >= 0.6 is 0 Å². The van der Waals surface area contributed by atoms with Gasteiger partial charge in [0.15, 0.2) is 5.82 Å². The van der Waals surface area contributed by atoms with Crippen molar-refractivity contribution in [3.05, 3.63) is 35.0 Å². The minimum Gasteiger partial charge on any atom is -0.507 e. The van der Waals surface area contributed by atoms with Gasteiger partial charge in [-0.1, -0.05) is 18.1 Å². The number of nitrogens with zero attached hydrogens (tertiary/aromatic N) is 3. The van der Waals surface area contributed by atoms with E-state index in [0.717, 1.165) is 43.5 Å². The molecule has 1 aliphatic carbocycles. The third-order valence-corrected chi connectivity index (χ3v) is 5.44. The van der Waals surface area contributed by atoms with E-state index < -0.39 is 0 Å². The molecular weight excluding hydrogens is 338 g/mol. The number of nitrogens with one attached hydrogen (secondary N) is 1. The maximum atomic E-state index is 10.3. The van der Waals surface area contributed by atoms with E-state index in [4.69, 9.17) is 10.7 Å². The summed E-state index contributed by atoms with van der Waals surface area (Å²) in [6.45, 7) is 2.97. The standard InChI is InChI=1S/C21H27N5O/c1-13-6-9-18(27)16(10-13)21-25-19(17(11-22)20(23)26-21)15-5-3-4-14(7-8-15)12-24-2/h6,9-10,14-15,24,27H,3-5,7-8,12H2,1-2H3,(H2,23,25,26). The monoisotopic (exact) mass is 365 g/mol. The molecule has 142 valence electrons. The molecule has 1 saturated carbocycles. The second kappa shape index (κ2) is 8.36. The van der Waals surface area contributed by atoms with Gasteiger partial charge in [0.05, 0.1) is 11.3 Å². The first-order valence-corrected chi connectivity index (χ1v) is 9.55. The van der Waals surface area contributed by atoms with Crippen LogP contribution in [0.3, 0.4) is 0 Å². The van der Waals surface area contributed by atoms with Gasteiger partial charge in [0.2, 0.25) is 0 Å². The highest BCUT2D eigenvalue weighted by Gasteiger charge is 2.26. The van der Waals surface area contributed by atoms with Crippen LogP contribution in [-0.4, -0.2) is 28.7 Å². The van der Waals surface area contributed by atoms with Crippen LogP contribution < -0.4 is 11.1 Å². The van der Waals surface area contributed by atoms with E-state index in [1.807, 2.05) is 26.1 Å². The van der Waals surface area contributed by atoms with Gasteiger partial charge in [0, 0.05) is 5.92 Å². The Morgan fingerprint density at radius 3 is 2.81 bits per heavy atom. The zero-order chi connectivity index (χ0) is 19.4. The van der Waals surface area contributed by atoms with Crippen LogP contribution in [0, 0.1) is 24.2 Å². The molecular formula is C21H27N5O. The number of phenolic OH excluding ortho intramolecular Hbond substituents is 1. The van der Waals surface area contributed by atoms with E-state index in [1.165, 1.54) is 6.42 Å². The van der Waals surface area contributed by atoms with Gasteiger partial charge >= 0.3 is 0 Å². The minimum atomic E-state index is 0.116. The molecule has 2 unspecified atom stereocenters. The van der Waals surface area contributed by atoms with Crippen molar-refractivity contribution in [3.63, 3.8) is 0 Å². The first-order chi connectivity index (χ1) is 13.0. The maximum Gasteiger partial charge on any atom is 0.165 e. The summed E-state index contributed by atoms with van der Waals surface area (Å²) in [6, 6.07) is 7.51. The molecule has 1 fully saturated rings. The number of nitrogen functional groups attached to an aromatic ring is 1. The van der Waals surface area contributed by atoms with Gasteiger partial charge in [-0.05, 0) is 64.3 Å². The SMILES string of the molecule is CNCC1CCCC(c2nc(-c3cc(C)ccc3O)nc(N)c2C#N)CC1. The fourth-order valence-corrected chi connectivity index (χ4v) is 4.00. The number of aromatic nitrogens is 2. The quantitative estimate of drug-likeness (QED) is 0.716. The number of rotatable bonds is 4. The molecule has 6 heteroatoms. The van der Waals surface area contributed by atoms with Gasteiger partial charge in [-0.2, -0.15) is 5.26 Å². The summed E-state index contributed by atoms with van der Waals surface area (Å²) >= 11 is 0. The van der Waals surface area contributed by atoms with Crippen LogP contribution in [0.25, 0.3) is 11.4 Å². The first kappa shape index (κ1) is 19.1. The topological polar surface area (TPSA) is 108 Å². The highest BCUT2D eigenvalue weighted by Crippen LogP contribution is 2.37. The Morgan fingerprint density at radius 2 is 2.07 bits per heavy atom. The lowest BCUT2D eigenvalue weighted by molar-refractivity contribution is 0.438. The molecule has 1 aromatic heterocycles. The Hall–Kier alpha value is -2.65. The molecule has 0 bridgehead atoms. The smallest absolute Gasteiger partial charge is 0.165 e. The molecule has 1 heterocycles. The van der Waals surface area contributed by atoms with E-state index in [0.29, 0.717) is 22.9 Å². The molecule has 27 heavy (non-hydrogen) atoms. The summed E-state index contributed by atoms with van der Waals surface area (Å²) in [4.78, 5) is 9.04. The zero-order valence-electron chi connectivity index (χ0n) is 16.0. The summed E-state index contributed by atoms with van der Waals surface area (Å²) in [7, 11) is 1.99. The second-order valence-electron chi connectivity index (χ2n) is 7.45. The van der Waals surface area contributed by atoms with Crippen LogP contribution in [0.5, 0.6) is 5.75 Å². The van der Waals surface area contributed by atoms with Crippen LogP contribution in [-0.2, 0) is 0 Å². The molecule has 0 aliphatic heterocycles. The Balaban J connectivity index is 2.00. The Bertz CT molecular complexity index is 858. The molecule has 3 rings (SSSR count). The number of aromatic hydroxyl groups is 1. The average molecular weight is 365 g/mol. The summed E-state index contributed by atoms with van der Waals surface area (Å²) in [5, 5.41) is 23.1. The number of hydrogen-bond acceptors (Lipinski definition) is 6.